The SMILES string of the molecule is COc1ccc(Nc2ccc(/C=C/C(=O)O)cc2)cc1C(C)(C)C. The lowest BCUT2D eigenvalue weighted by Gasteiger charge is -2.23. The van der Waals surface area contributed by atoms with Crippen LogP contribution in [-0.4, -0.2) is 18.2 Å². The molecule has 0 spiro atoms. The largest absolute Gasteiger partial charge is 0.496 e. The number of carboxylic acid groups (broad SMARTS) is 1. The minimum Gasteiger partial charge on any atom is -0.496 e. The van der Waals surface area contributed by atoms with E-state index in [-0.39, 0.29) is 5.41 Å². The molecular weight excluding hydrogens is 302 g/mol. The second-order valence-corrected chi connectivity index (χ2v) is 6.58. The van der Waals surface area contributed by atoms with Crippen LogP contribution in [0.5, 0.6) is 5.75 Å². The number of ether oxygens (including phenoxy) is 1. The van der Waals surface area contributed by atoms with Crippen LogP contribution < -0.4 is 10.1 Å². The molecule has 24 heavy (non-hydrogen) atoms. The first-order valence-corrected chi connectivity index (χ1v) is 7.76. The summed E-state index contributed by atoms with van der Waals surface area (Å²) >= 11 is 0. The van der Waals surface area contributed by atoms with Crippen LogP contribution in [0.1, 0.15) is 31.9 Å². The minimum absolute atomic E-state index is 0.0193. The topological polar surface area (TPSA) is 58.6 Å². The molecule has 0 saturated heterocycles. The summed E-state index contributed by atoms with van der Waals surface area (Å²) in [4.78, 5) is 10.5. The lowest BCUT2D eigenvalue weighted by atomic mass is 9.86. The summed E-state index contributed by atoms with van der Waals surface area (Å²) in [5, 5.41) is 12.0. The van der Waals surface area contributed by atoms with E-state index in [1.54, 1.807) is 13.2 Å². The lowest BCUT2D eigenvalue weighted by molar-refractivity contribution is -0.131. The Morgan fingerprint density at radius 2 is 1.71 bits per heavy atom. The number of hydrogen-bond donors (Lipinski definition) is 2. The van der Waals surface area contributed by atoms with Gasteiger partial charge in [0.1, 0.15) is 5.75 Å². The monoisotopic (exact) mass is 325 g/mol. The summed E-state index contributed by atoms with van der Waals surface area (Å²) in [6.45, 7) is 6.45. The van der Waals surface area contributed by atoms with Crippen molar-refractivity contribution in [1.29, 1.82) is 0 Å². The summed E-state index contributed by atoms with van der Waals surface area (Å²) in [7, 11) is 1.68. The highest BCUT2D eigenvalue weighted by molar-refractivity contribution is 5.85. The van der Waals surface area contributed by atoms with E-state index in [9.17, 15) is 4.79 Å². The molecule has 2 aromatic rings. The van der Waals surface area contributed by atoms with Crippen LogP contribution >= 0.6 is 0 Å². The Hall–Kier alpha value is -2.75. The number of anilines is 2. The molecule has 0 bridgehead atoms. The summed E-state index contributed by atoms with van der Waals surface area (Å²) in [6.07, 6.45) is 2.69. The van der Waals surface area contributed by atoms with E-state index in [1.807, 2.05) is 36.4 Å². The van der Waals surface area contributed by atoms with Crippen molar-refractivity contribution in [3.05, 3.63) is 59.7 Å². The molecule has 4 heteroatoms. The number of carbonyl (C=O) groups is 1. The zero-order valence-corrected chi connectivity index (χ0v) is 14.5. The molecule has 2 rings (SSSR count). The zero-order valence-electron chi connectivity index (χ0n) is 14.5. The molecule has 0 aromatic heterocycles. The average Bonchev–Trinajstić information content (AvgIpc) is 2.53. The van der Waals surface area contributed by atoms with Crippen molar-refractivity contribution in [3.63, 3.8) is 0 Å². The van der Waals surface area contributed by atoms with Gasteiger partial charge in [0, 0.05) is 23.0 Å². The minimum atomic E-state index is -0.954. The van der Waals surface area contributed by atoms with Crippen LogP contribution in [0.25, 0.3) is 6.08 Å². The molecular formula is C20H23NO3. The molecule has 4 nitrogen and oxygen atoms in total. The van der Waals surface area contributed by atoms with Crippen molar-refractivity contribution in [2.75, 3.05) is 12.4 Å². The molecule has 0 heterocycles. The van der Waals surface area contributed by atoms with Crippen molar-refractivity contribution in [2.24, 2.45) is 0 Å². The van der Waals surface area contributed by atoms with Gasteiger partial charge in [-0.1, -0.05) is 32.9 Å². The fourth-order valence-corrected chi connectivity index (χ4v) is 2.38. The van der Waals surface area contributed by atoms with E-state index in [4.69, 9.17) is 9.84 Å². The lowest BCUT2D eigenvalue weighted by Crippen LogP contribution is -2.13. The van der Waals surface area contributed by atoms with Crippen molar-refractivity contribution >= 4 is 23.4 Å². The van der Waals surface area contributed by atoms with Gasteiger partial charge in [0.05, 0.1) is 7.11 Å². The molecule has 2 N–H and O–H groups in total. The molecule has 0 aliphatic carbocycles. The molecule has 0 atom stereocenters. The average molecular weight is 325 g/mol. The maximum atomic E-state index is 10.5. The number of rotatable bonds is 5. The summed E-state index contributed by atoms with van der Waals surface area (Å²) in [6, 6.07) is 13.6. The number of methoxy groups -OCH3 is 1. The fourth-order valence-electron chi connectivity index (χ4n) is 2.38. The first-order chi connectivity index (χ1) is 11.3. The van der Waals surface area contributed by atoms with E-state index in [0.29, 0.717) is 0 Å². The molecule has 126 valence electrons. The Kier molecular flexibility index (Phi) is 5.29. The molecule has 0 aliphatic heterocycles. The standard InChI is InChI=1S/C20H23NO3/c1-20(2,3)17-13-16(10-11-18(17)24-4)21-15-8-5-14(6-9-15)7-12-19(22)23/h5-13,21H,1-4H3,(H,22,23)/b12-7+. The Bertz CT molecular complexity index is 740. The van der Waals surface area contributed by atoms with Gasteiger partial charge in [-0.3, -0.25) is 0 Å². The van der Waals surface area contributed by atoms with E-state index < -0.39 is 5.97 Å². The van der Waals surface area contributed by atoms with E-state index >= 15 is 0 Å². The molecule has 0 radical (unpaired) electrons. The quantitative estimate of drug-likeness (QED) is 0.773. The number of hydrogen-bond acceptors (Lipinski definition) is 3. The van der Waals surface area contributed by atoms with Gasteiger partial charge >= 0.3 is 5.97 Å². The number of carboxylic acids is 1. The third-order valence-electron chi connectivity index (χ3n) is 3.63. The van der Waals surface area contributed by atoms with Crippen molar-refractivity contribution in [1.82, 2.24) is 0 Å². The molecule has 0 aliphatic rings. The molecule has 0 amide bonds. The van der Waals surface area contributed by atoms with Crippen LogP contribution in [0.3, 0.4) is 0 Å². The first-order valence-electron chi connectivity index (χ1n) is 7.76. The van der Waals surface area contributed by atoms with Gasteiger partial charge in [-0.05, 0) is 47.4 Å². The smallest absolute Gasteiger partial charge is 0.328 e. The van der Waals surface area contributed by atoms with Gasteiger partial charge in [0.15, 0.2) is 0 Å². The van der Waals surface area contributed by atoms with Crippen LogP contribution in [0.15, 0.2) is 48.5 Å². The van der Waals surface area contributed by atoms with E-state index in [0.717, 1.165) is 34.3 Å². The second kappa shape index (κ2) is 7.21. The van der Waals surface area contributed by atoms with Crippen molar-refractivity contribution in [2.45, 2.75) is 26.2 Å². The predicted octanol–water partition coefficient (Wildman–Crippen LogP) is 4.83. The van der Waals surface area contributed by atoms with Crippen LogP contribution in [0.2, 0.25) is 0 Å². The third-order valence-corrected chi connectivity index (χ3v) is 3.63. The van der Waals surface area contributed by atoms with Gasteiger partial charge < -0.3 is 15.2 Å². The number of benzene rings is 2. The maximum Gasteiger partial charge on any atom is 0.328 e. The van der Waals surface area contributed by atoms with Crippen LogP contribution in [0.4, 0.5) is 11.4 Å². The van der Waals surface area contributed by atoms with E-state index in [2.05, 4.69) is 32.2 Å². The normalized spacial score (nSPS) is 11.5. The van der Waals surface area contributed by atoms with Gasteiger partial charge in [-0.2, -0.15) is 0 Å². The second-order valence-electron chi connectivity index (χ2n) is 6.58. The Balaban J connectivity index is 2.20. The zero-order chi connectivity index (χ0) is 17.7. The van der Waals surface area contributed by atoms with Crippen LogP contribution in [-0.2, 0) is 10.2 Å². The summed E-state index contributed by atoms with van der Waals surface area (Å²) in [5.74, 6) is -0.0765. The third kappa shape index (κ3) is 4.62. The first kappa shape index (κ1) is 17.6. The maximum absolute atomic E-state index is 10.5. The van der Waals surface area contributed by atoms with Gasteiger partial charge in [-0.25, -0.2) is 4.79 Å². The highest BCUT2D eigenvalue weighted by Gasteiger charge is 2.19. The van der Waals surface area contributed by atoms with Crippen LogP contribution in [0, 0.1) is 0 Å². The fraction of sp³-hybridized carbons (Fsp3) is 0.250. The van der Waals surface area contributed by atoms with E-state index in [1.165, 1.54) is 0 Å². The Labute approximate surface area is 142 Å². The highest BCUT2D eigenvalue weighted by atomic mass is 16.5. The molecule has 0 fully saturated rings. The number of aliphatic carboxylic acids is 1. The molecule has 0 saturated carbocycles. The Morgan fingerprint density at radius 1 is 1.08 bits per heavy atom. The van der Waals surface area contributed by atoms with Gasteiger partial charge in [-0.15, -0.1) is 0 Å². The summed E-state index contributed by atoms with van der Waals surface area (Å²) < 4.78 is 5.46. The summed E-state index contributed by atoms with van der Waals surface area (Å²) in [5.41, 5.74) is 3.88. The van der Waals surface area contributed by atoms with Gasteiger partial charge in [0.25, 0.3) is 0 Å². The Morgan fingerprint density at radius 3 is 2.25 bits per heavy atom. The van der Waals surface area contributed by atoms with Crippen molar-refractivity contribution in [3.8, 4) is 5.75 Å². The van der Waals surface area contributed by atoms with Crippen molar-refractivity contribution < 1.29 is 14.6 Å². The molecule has 0 unspecified atom stereocenters. The predicted molar refractivity (Wildman–Crippen MR) is 98.1 cm³/mol. The van der Waals surface area contributed by atoms with Gasteiger partial charge in [0.2, 0.25) is 0 Å². The number of nitrogens with one attached hydrogen (secondary N) is 1. The molecule has 2 aromatic carbocycles. The highest BCUT2D eigenvalue weighted by Crippen LogP contribution is 2.34.